The van der Waals surface area contributed by atoms with Crippen molar-refractivity contribution in [3.05, 3.63) is 64.7 Å². The van der Waals surface area contributed by atoms with Gasteiger partial charge in [0.15, 0.2) is 0 Å². The molecule has 0 saturated heterocycles. The quantitative estimate of drug-likeness (QED) is 0.922. The lowest BCUT2D eigenvalue weighted by molar-refractivity contribution is -0.248. The Morgan fingerprint density at radius 2 is 1.57 bits per heavy atom. The van der Waals surface area contributed by atoms with E-state index in [4.69, 9.17) is 16.3 Å². The van der Waals surface area contributed by atoms with Gasteiger partial charge in [0.05, 0.1) is 7.11 Å². The van der Waals surface area contributed by atoms with Gasteiger partial charge in [-0.25, -0.2) is 0 Å². The zero-order valence-electron chi connectivity index (χ0n) is 11.0. The van der Waals surface area contributed by atoms with E-state index in [2.05, 4.69) is 0 Å². The van der Waals surface area contributed by atoms with Gasteiger partial charge in [-0.3, -0.25) is 0 Å². The van der Waals surface area contributed by atoms with Crippen LogP contribution >= 0.6 is 11.6 Å². The molecule has 0 aliphatic carbocycles. The monoisotopic (exact) mass is 316 g/mol. The first-order valence-electron chi connectivity index (χ1n) is 5.99. The lowest BCUT2D eigenvalue weighted by Gasteiger charge is -2.32. The van der Waals surface area contributed by atoms with Crippen molar-refractivity contribution in [3.63, 3.8) is 0 Å². The van der Waals surface area contributed by atoms with E-state index >= 15 is 0 Å². The highest BCUT2D eigenvalue weighted by Crippen LogP contribution is 2.47. The molecule has 2 rings (SSSR count). The number of hydrogen-bond donors (Lipinski definition) is 1. The first kappa shape index (κ1) is 15.7. The van der Waals surface area contributed by atoms with Crippen LogP contribution in [0.4, 0.5) is 13.2 Å². The fraction of sp³-hybridized carbons (Fsp3) is 0.200. The van der Waals surface area contributed by atoms with Crippen LogP contribution in [-0.4, -0.2) is 18.4 Å². The van der Waals surface area contributed by atoms with Gasteiger partial charge in [0.1, 0.15) is 5.75 Å². The summed E-state index contributed by atoms with van der Waals surface area (Å²) in [4.78, 5) is 0. The molecular weight excluding hydrogens is 305 g/mol. The van der Waals surface area contributed by atoms with Crippen LogP contribution in [0.15, 0.2) is 48.5 Å². The Kier molecular flexibility index (Phi) is 4.16. The van der Waals surface area contributed by atoms with Crippen molar-refractivity contribution in [1.82, 2.24) is 0 Å². The van der Waals surface area contributed by atoms with E-state index in [-0.39, 0.29) is 21.9 Å². The summed E-state index contributed by atoms with van der Waals surface area (Å²) in [7, 11) is 1.25. The third-order valence-electron chi connectivity index (χ3n) is 3.17. The van der Waals surface area contributed by atoms with E-state index in [1.54, 1.807) is 0 Å². The van der Waals surface area contributed by atoms with Crippen molar-refractivity contribution in [2.75, 3.05) is 7.11 Å². The first-order chi connectivity index (χ1) is 9.80. The molecule has 2 aromatic carbocycles. The summed E-state index contributed by atoms with van der Waals surface area (Å²) in [6, 6.07) is 10.4. The Labute approximate surface area is 124 Å². The van der Waals surface area contributed by atoms with Gasteiger partial charge in [-0.15, -0.1) is 0 Å². The van der Waals surface area contributed by atoms with Gasteiger partial charge in [0, 0.05) is 10.6 Å². The highest BCUT2D eigenvalue weighted by atomic mass is 35.5. The number of rotatable bonds is 3. The molecule has 0 spiro atoms. The van der Waals surface area contributed by atoms with Crippen LogP contribution < -0.4 is 4.74 Å². The highest BCUT2D eigenvalue weighted by Gasteiger charge is 2.57. The van der Waals surface area contributed by atoms with Crippen LogP contribution in [-0.2, 0) is 5.60 Å². The predicted molar refractivity (Wildman–Crippen MR) is 73.5 cm³/mol. The summed E-state index contributed by atoms with van der Waals surface area (Å²) < 4.78 is 45.6. The van der Waals surface area contributed by atoms with Crippen molar-refractivity contribution in [3.8, 4) is 5.75 Å². The number of hydrogen-bond acceptors (Lipinski definition) is 2. The van der Waals surface area contributed by atoms with Crippen molar-refractivity contribution >= 4 is 11.6 Å². The maximum atomic E-state index is 13.6. The highest BCUT2D eigenvalue weighted by molar-refractivity contribution is 6.30. The fourth-order valence-corrected chi connectivity index (χ4v) is 2.23. The normalized spacial score (nSPS) is 14.6. The standard InChI is InChI=1S/C15H12ClF3O2/c1-21-13-5-3-2-4-12(13)14(20,15(17,18)19)10-6-8-11(16)9-7-10/h2-9,20H,1H3. The molecule has 0 heterocycles. The third kappa shape index (κ3) is 2.71. The molecule has 112 valence electrons. The molecule has 6 heteroatoms. The zero-order chi connectivity index (χ0) is 15.7. The van der Waals surface area contributed by atoms with Crippen molar-refractivity contribution in [2.24, 2.45) is 0 Å². The largest absolute Gasteiger partial charge is 0.496 e. The van der Waals surface area contributed by atoms with E-state index < -0.39 is 11.8 Å². The molecule has 1 atom stereocenters. The van der Waals surface area contributed by atoms with Crippen LogP contribution in [0.1, 0.15) is 11.1 Å². The maximum Gasteiger partial charge on any atom is 0.425 e. The molecule has 0 aliphatic rings. The molecule has 0 radical (unpaired) electrons. The number of para-hydroxylation sites is 1. The average molecular weight is 317 g/mol. The minimum Gasteiger partial charge on any atom is -0.496 e. The first-order valence-corrected chi connectivity index (χ1v) is 6.37. The molecule has 0 aliphatic heterocycles. The molecule has 0 saturated carbocycles. The zero-order valence-corrected chi connectivity index (χ0v) is 11.7. The second-order valence-electron chi connectivity index (χ2n) is 4.42. The molecule has 21 heavy (non-hydrogen) atoms. The average Bonchev–Trinajstić information content (AvgIpc) is 2.46. The van der Waals surface area contributed by atoms with Crippen LogP contribution in [0.2, 0.25) is 5.02 Å². The molecule has 2 aromatic rings. The van der Waals surface area contributed by atoms with Crippen molar-refractivity contribution in [2.45, 2.75) is 11.8 Å². The second kappa shape index (κ2) is 5.58. The summed E-state index contributed by atoms with van der Waals surface area (Å²) >= 11 is 5.69. The fourth-order valence-electron chi connectivity index (χ4n) is 2.11. The SMILES string of the molecule is COc1ccccc1C(O)(c1ccc(Cl)cc1)C(F)(F)F. The molecule has 0 bridgehead atoms. The van der Waals surface area contributed by atoms with Crippen molar-refractivity contribution in [1.29, 1.82) is 0 Å². The Morgan fingerprint density at radius 1 is 1.00 bits per heavy atom. The van der Waals surface area contributed by atoms with Gasteiger partial charge in [0.25, 0.3) is 0 Å². The third-order valence-corrected chi connectivity index (χ3v) is 3.42. The molecule has 0 fully saturated rings. The molecule has 1 unspecified atom stereocenters. The molecule has 2 nitrogen and oxygen atoms in total. The van der Waals surface area contributed by atoms with Crippen LogP contribution in [0, 0.1) is 0 Å². The molecule has 1 N–H and O–H groups in total. The summed E-state index contributed by atoms with van der Waals surface area (Å²) in [5.74, 6) is -0.0488. The van der Waals surface area contributed by atoms with E-state index in [0.29, 0.717) is 0 Å². The van der Waals surface area contributed by atoms with Gasteiger partial charge in [-0.2, -0.15) is 13.2 Å². The summed E-state index contributed by atoms with van der Waals surface area (Å²) in [6.07, 6.45) is -4.92. The lowest BCUT2D eigenvalue weighted by atomic mass is 9.85. The van der Waals surface area contributed by atoms with Crippen LogP contribution in [0.25, 0.3) is 0 Å². The number of benzene rings is 2. The topological polar surface area (TPSA) is 29.5 Å². The Balaban J connectivity index is 2.71. The van der Waals surface area contributed by atoms with E-state index in [0.717, 1.165) is 12.1 Å². The van der Waals surface area contributed by atoms with Crippen molar-refractivity contribution < 1.29 is 23.0 Å². The van der Waals surface area contributed by atoms with Gasteiger partial charge in [0.2, 0.25) is 5.60 Å². The molecule has 0 aromatic heterocycles. The second-order valence-corrected chi connectivity index (χ2v) is 4.85. The minimum atomic E-state index is -4.92. The summed E-state index contributed by atoms with van der Waals surface area (Å²) in [5.41, 5.74) is -3.88. The van der Waals surface area contributed by atoms with Gasteiger partial charge in [-0.1, -0.05) is 41.9 Å². The Bertz CT molecular complexity index is 626. The summed E-state index contributed by atoms with van der Waals surface area (Å²) in [6.45, 7) is 0. The maximum absolute atomic E-state index is 13.6. The van der Waals surface area contributed by atoms with Crippen LogP contribution in [0.3, 0.4) is 0 Å². The minimum absolute atomic E-state index is 0.0488. The van der Waals surface area contributed by atoms with Gasteiger partial charge in [-0.05, 0) is 23.8 Å². The predicted octanol–water partition coefficient (Wildman–Crippen LogP) is 4.15. The molecular formula is C15H12ClF3O2. The number of alkyl halides is 3. The van der Waals surface area contributed by atoms with Gasteiger partial charge >= 0.3 is 6.18 Å². The van der Waals surface area contributed by atoms with E-state index in [9.17, 15) is 18.3 Å². The van der Waals surface area contributed by atoms with Crippen LogP contribution in [0.5, 0.6) is 5.75 Å². The number of methoxy groups -OCH3 is 1. The lowest BCUT2D eigenvalue weighted by Crippen LogP contribution is -2.43. The molecule has 0 amide bonds. The van der Waals surface area contributed by atoms with Gasteiger partial charge < -0.3 is 9.84 Å². The number of halogens is 4. The smallest absolute Gasteiger partial charge is 0.425 e. The Hall–Kier alpha value is -1.72. The summed E-state index contributed by atoms with van der Waals surface area (Å²) in [5, 5.41) is 10.7. The van der Waals surface area contributed by atoms with E-state index in [1.807, 2.05) is 0 Å². The number of ether oxygens (including phenoxy) is 1. The number of aliphatic hydroxyl groups is 1. The Morgan fingerprint density at radius 3 is 2.10 bits per heavy atom. The van der Waals surface area contributed by atoms with E-state index in [1.165, 1.54) is 43.5 Å².